The third-order valence-electron chi connectivity index (χ3n) is 1.43. The number of nitrogens with zero attached hydrogens (tertiary/aromatic N) is 1. The van der Waals surface area contributed by atoms with Crippen molar-refractivity contribution in [1.29, 1.82) is 5.26 Å². The minimum Gasteiger partial charge on any atom is -0.192 e. The summed E-state index contributed by atoms with van der Waals surface area (Å²) in [6, 6.07) is 8.63. The van der Waals surface area contributed by atoms with E-state index in [0.717, 1.165) is 0 Å². The number of hydrogen-bond donors (Lipinski definition) is 0. The van der Waals surface area contributed by atoms with Crippen molar-refractivity contribution in [1.82, 2.24) is 0 Å². The van der Waals surface area contributed by atoms with Crippen LogP contribution in [0.15, 0.2) is 28.8 Å². The molecule has 0 unspecified atom stereocenters. The molecule has 1 aromatic carbocycles. The summed E-state index contributed by atoms with van der Waals surface area (Å²) in [5, 5.41) is 9.31. The molecule has 66 valence electrons. The van der Waals surface area contributed by atoms with E-state index in [-0.39, 0.29) is 10.1 Å². The fraction of sp³-hybridized carbons (Fsp3) is 0. The van der Waals surface area contributed by atoms with Crippen LogP contribution in [0.2, 0.25) is 5.02 Å². The van der Waals surface area contributed by atoms with E-state index >= 15 is 0 Å². The zero-order valence-corrected chi connectivity index (χ0v) is 8.66. The third kappa shape index (κ3) is 2.63. The van der Waals surface area contributed by atoms with Crippen molar-refractivity contribution >= 4 is 40.4 Å². The molecular weight excluding hydrogens is 228 g/mol. The Morgan fingerprint density at radius 3 is 2.08 bits per heavy atom. The van der Waals surface area contributed by atoms with Crippen molar-refractivity contribution in [3.63, 3.8) is 0 Å². The van der Waals surface area contributed by atoms with Gasteiger partial charge in [-0.15, -0.1) is 0 Å². The lowest BCUT2D eigenvalue weighted by Crippen LogP contribution is -1.80. The van der Waals surface area contributed by atoms with E-state index < -0.39 is 0 Å². The molecule has 1 aromatic rings. The Labute approximate surface area is 91.1 Å². The Balaban J connectivity index is 3.17. The second kappa shape index (κ2) is 4.53. The van der Waals surface area contributed by atoms with Gasteiger partial charge < -0.3 is 0 Å². The Morgan fingerprint density at radius 2 is 1.69 bits per heavy atom. The maximum Gasteiger partial charge on any atom is 0.125 e. The van der Waals surface area contributed by atoms with Gasteiger partial charge >= 0.3 is 0 Å². The Morgan fingerprint density at radius 1 is 1.15 bits per heavy atom. The molecule has 0 saturated carbocycles. The van der Waals surface area contributed by atoms with Crippen molar-refractivity contribution in [2.24, 2.45) is 0 Å². The summed E-state index contributed by atoms with van der Waals surface area (Å²) in [5.74, 6) is 0. The standard InChI is InChI=1S/C9H4Cl3N/c10-7-3-1-6(2-4-7)8(5-13)9(11)12/h1-4H. The van der Waals surface area contributed by atoms with Crippen LogP contribution in [0.1, 0.15) is 5.56 Å². The van der Waals surface area contributed by atoms with E-state index in [9.17, 15) is 0 Å². The second-order valence-corrected chi connectivity index (χ2v) is 3.64. The highest BCUT2D eigenvalue weighted by molar-refractivity contribution is 6.59. The first-order valence-corrected chi connectivity index (χ1v) is 4.50. The molecule has 4 heteroatoms. The molecule has 0 radical (unpaired) electrons. The van der Waals surface area contributed by atoms with Gasteiger partial charge in [-0.3, -0.25) is 0 Å². The molecule has 13 heavy (non-hydrogen) atoms. The molecule has 0 aliphatic carbocycles. The van der Waals surface area contributed by atoms with Crippen LogP contribution in [0.25, 0.3) is 5.57 Å². The van der Waals surface area contributed by atoms with Gasteiger partial charge in [0.1, 0.15) is 10.6 Å². The van der Waals surface area contributed by atoms with Crippen molar-refractivity contribution in [3.8, 4) is 6.07 Å². The number of nitriles is 1. The molecule has 0 fully saturated rings. The summed E-state index contributed by atoms with van der Waals surface area (Å²) in [6.45, 7) is 0. The van der Waals surface area contributed by atoms with Gasteiger partial charge in [-0.2, -0.15) is 5.26 Å². The molecule has 0 spiro atoms. The number of hydrogen-bond acceptors (Lipinski definition) is 1. The van der Waals surface area contributed by atoms with Crippen molar-refractivity contribution in [3.05, 3.63) is 39.3 Å². The predicted molar refractivity (Wildman–Crippen MR) is 55.7 cm³/mol. The highest BCUT2D eigenvalue weighted by atomic mass is 35.5. The highest BCUT2D eigenvalue weighted by Crippen LogP contribution is 2.24. The number of halogens is 3. The molecule has 0 aliphatic heterocycles. The molecule has 0 aromatic heterocycles. The van der Waals surface area contributed by atoms with E-state index in [1.165, 1.54) is 0 Å². The third-order valence-corrected chi connectivity index (χ3v) is 2.06. The first-order chi connectivity index (χ1) is 6.15. The lowest BCUT2D eigenvalue weighted by molar-refractivity contribution is 1.52. The lowest BCUT2D eigenvalue weighted by atomic mass is 10.1. The summed E-state index contributed by atoms with van der Waals surface area (Å²) < 4.78 is -0.0372. The Hall–Kier alpha value is -0.680. The summed E-state index contributed by atoms with van der Waals surface area (Å²) in [6.07, 6.45) is 0. The quantitative estimate of drug-likeness (QED) is 0.671. The molecule has 0 bridgehead atoms. The zero-order valence-electron chi connectivity index (χ0n) is 6.39. The van der Waals surface area contributed by atoms with E-state index in [0.29, 0.717) is 10.6 Å². The number of benzene rings is 1. The van der Waals surface area contributed by atoms with Crippen molar-refractivity contribution in [2.45, 2.75) is 0 Å². The van der Waals surface area contributed by atoms with E-state index in [1.807, 2.05) is 6.07 Å². The molecule has 0 saturated heterocycles. The van der Waals surface area contributed by atoms with Gasteiger partial charge in [-0.05, 0) is 17.7 Å². The second-order valence-electron chi connectivity index (χ2n) is 2.25. The zero-order chi connectivity index (χ0) is 9.84. The first-order valence-electron chi connectivity index (χ1n) is 3.36. The number of allylic oxidation sites excluding steroid dienone is 1. The van der Waals surface area contributed by atoms with Crippen LogP contribution >= 0.6 is 34.8 Å². The smallest absolute Gasteiger partial charge is 0.125 e. The minimum atomic E-state index is -0.0372. The van der Waals surface area contributed by atoms with Gasteiger partial charge in [0.05, 0.1) is 5.57 Å². The lowest BCUT2D eigenvalue weighted by Gasteiger charge is -1.98. The molecule has 1 rings (SSSR count). The van der Waals surface area contributed by atoms with Gasteiger partial charge in [0, 0.05) is 5.02 Å². The molecule has 1 nitrogen and oxygen atoms in total. The minimum absolute atomic E-state index is 0.0372. The van der Waals surface area contributed by atoms with Crippen LogP contribution < -0.4 is 0 Å². The van der Waals surface area contributed by atoms with Crippen LogP contribution in [-0.4, -0.2) is 0 Å². The average molecular weight is 232 g/mol. The molecule has 0 heterocycles. The van der Waals surface area contributed by atoms with Crippen LogP contribution in [0.3, 0.4) is 0 Å². The molecular formula is C9H4Cl3N. The van der Waals surface area contributed by atoms with Crippen LogP contribution in [-0.2, 0) is 0 Å². The van der Waals surface area contributed by atoms with Gasteiger partial charge in [-0.1, -0.05) is 46.9 Å². The van der Waals surface area contributed by atoms with Crippen molar-refractivity contribution in [2.75, 3.05) is 0 Å². The molecule has 0 N–H and O–H groups in total. The van der Waals surface area contributed by atoms with Crippen LogP contribution in [0.5, 0.6) is 0 Å². The normalized spacial score (nSPS) is 9.08. The fourth-order valence-corrected chi connectivity index (χ4v) is 1.26. The van der Waals surface area contributed by atoms with Gasteiger partial charge in [0.2, 0.25) is 0 Å². The molecule has 0 amide bonds. The Bertz CT molecular complexity index is 369. The summed E-state index contributed by atoms with van der Waals surface area (Å²) in [5.41, 5.74) is 0.909. The SMILES string of the molecule is N#CC(=C(Cl)Cl)c1ccc(Cl)cc1. The van der Waals surface area contributed by atoms with Gasteiger partial charge in [0.25, 0.3) is 0 Å². The summed E-state index contributed by atoms with van der Waals surface area (Å²) in [7, 11) is 0. The van der Waals surface area contributed by atoms with Crippen LogP contribution in [0, 0.1) is 11.3 Å². The van der Waals surface area contributed by atoms with E-state index in [2.05, 4.69) is 0 Å². The topological polar surface area (TPSA) is 23.8 Å². The van der Waals surface area contributed by atoms with Crippen LogP contribution in [0.4, 0.5) is 0 Å². The van der Waals surface area contributed by atoms with Gasteiger partial charge in [0.15, 0.2) is 0 Å². The fourth-order valence-electron chi connectivity index (χ4n) is 0.832. The summed E-state index contributed by atoms with van der Waals surface area (Å²) in [4.78, 5) is 0. The van der Waals surface area contributed by atoms with Crippen molar-refractivity contribution < 1.29 is 0 Å². The average Bonchev–Trinajstić information content (AvgIpc) is 2.09. The summed E-state index contributed by atoms with van der Waals surface area (Å²) >= 11 is 16.7. The first kappa shape index (κ1) is 10.4. The van der Waals surface area contributed by atoms with Gasteiger partial charge in [-0.25, -0.2) is 0 Å². The highest BCUT2D eigenvalue weighted by Gasteiger charge is 2.04. The van der Waals surface area contributed by atoms with E-state index in [1.54, 1.807) is 24.3 Å². The predicted octanol–water partition coefficient (Wildman–Crippen LogP) is 4.01. The maximum atomic E-state index is 8.71. The molecule has 0 atom stereocenters. The molecule has 0 aliphatic rings. The van der Waals surface area contributed by atoms with E-state index in [4.69, 9.17) is 40.1 Å². The number of rotatable bonds is 1. The Kier molecular flexibility index (Phi) is 3.62. The largest absolute Gasteiger partial charge is 0.192 e. The monoisotopic (exact) mass is 231 g/mol. The maximum absolute atomic E-state index is 8.71.